The first kappa shape index (κ1) is 21.9. The first-order valence-corrected chi connectivity index (χ1v) is 12.5. The van der Waals surface area contributed by atoms with Crippen molar-refractivity contribution in [3.05, 3.63) is 137 Å². The average Bonchev–Trinajstić information content (AvgIpc) is 3.59. The molecular weight excluding hydrogens is 462 g/mol. The molecule has 6 aromatic rings. The van der Waals surface area contributed by atoms with E-state index in [-0.39, 0.29) is 0 Å². The number of hydrogen-bond donors (Lipinski definition) is 0. The summed E-state index contributed by atoms with van der Waals surface area (Å²) < 4.78 is 2.04. The van der Waals surface area contributed by atoms with Crippen LogP contribution in [0.4, 0.5) is 0 Å². The summed E-state index contributed by atoms with van der Waals surface area (Å²) in [7, 11) is 0. The zero-order valence-corrected chi connectivity index (χ0v) is 20.1. The Morgan fingerprint density at radius 3 is 1.94 bits per heavy atom. The minimum atomic E-state index is -0.744. The molecule has 0 N–H and O–H groups in total. The molecule has 5 nitrogen and oxygen atoms in total. The number of aromatic nitrogens is 4. The summed E-state index contributed by atoms with van der Waals surface area (Å²) in [6.45, 7) is 0. The van der Waals surface area contributed by atoms with Crippen LogP contribution in [0.5, 0.6) is 0 Å². The molecule has 0 radical (unpaired) electrons. The molecule has 0 aliphatic carbocycles. The average molecular weight is 484 g/mol. The minimum Gasteiger partial charge on any atom is -0.240 e. The number of thiazole rings is 1. The van der Waals surface area contributed by atoms with Crippen LogP contribution >= 0.6 is 11.3 Å². The third-order valence-corrected chi connectivity index (χ3v) is 7.33. The van der Waals surface area contributed by atoms with Crippen molar-refractivity contribution >= 4 is 22.4 Å². The lowest BCUT2D eigenvalue weighted by Crippen LogP contribution is -2.38. The van der Waals surface area contributed by atoms with Crippen molar-refractivity contribution in [2.24, 2.45) is 0 Å². The van der Waals surface area contributed by atoms with Gasteiger partial charge in [0.2, 0.25) is 0 Å². The van der Waals surface area contributed by atoms with Gasteiger partial charge < -0.3 is 0 Å². The molecule has 0 spiro atoms. The van der Waals surface area contributed by atoms with E-state index in [2.05, 4.69) is 78.9 Å². The van der Waals surface area contributed by atoms with Crippen LogP contribution < -0.4 is 0 Å². The van der Waals surface area contributed by atoms with Crippen molar-refractivity contribution in [1.29, 1.82) is 5.26 Å². The van der Waals surface area contributed by atoms with Gasteiger partial charge >= 0.3 is 0 Å². The molecule has 3 aromatic carbocycles. The minimum absolute atomic E-state index is 0.295. The van der Waals surface area contributed by atoms with E-state index in [0.29, 0.717) is 6.42 Å². The Bertz CT molecular complexity index is 1570. The molecule has 0 saturated heterocycles. The van der Waals surface area contributed by atoms with E-state index in [1.165, 1.54) is 11.3 Å². The van der Waals surface area contributed by atoms with Crippen LogP contribution in [0.2, 0.25) is 0 Å². The zero-order valence-electron chi connectivity index (χ0n) is 19.3. The molecule has 3 aromatic heterocycles. The fraction of sp³-hybridized carbons (Fsp3) is 0.0667. The summed E-state index contributed by atoms with van der Waals surface area (Å²) in [5.41, 5.74) is 5.03. The molecule has 6 rings (SSSR count). The molecule has 0 unspecified atom stereocenters. The van der Waals surface area contributed by atoms with Crippen molar-refractivity contribution in [2.75, 3.05) is 0 Å². The third kappa shape index (κ3) is 3.49. The van der Waals surface area contributed by atoms with Crippen molar-refractivity contribution < 1.29 is 0 Å². The van der Waals surface area contributed by atoms with Crippen LogP contribution in [-0.2, 0) is 12.0 Å². The molecule has 3 heterocycles. The molecular formula is C30H21N5S. The fourth-order valence-electron chi connectivity index (χ4n) is 4.86. The highest BCUT2D eigenvalue weighted by atomic mass is 32.1. The molecule has 0 aliphatic rings. The van der Waals surface area contributed by atoms with E-state index in [1.807, 2.05) is 46.7 Å². The third-order valence-electron chi connectivity index (χ3n) is 6.41. The Balaban J connectivity index is 1.68. The van der Waals surface area contributed by atoms with E-state index in [0.717, 1.165) is 44.0 Å². The van der Waals surface area contributed by atoms with Crippen LogP contribution in [0.25, 0.3) is 21.6 Å². The van der Waals surface area contributed by atoms with Crippen molar-refractivity contribution in [3.63, 3.8) is 0 Å². The predicted octanol–water partition coefficient (Wildman–Crippen LogP) is 6.46. The van der Waals surface area contributed by atoms with Gasteiger partial charge in [0.1, 0.15) is 10.5 Å². The van der Waals surface area contributed by atoms with E-state index in [4.69, 9.17) is 20.3 Å². The lowest BCUT2D eigenvalue weighted by molar-refractivity contribution is 0.472. The summed E-state index contributed by atoms with van der Waals surface area (Å²) >= 11 is 1.54. The maximum absolute atomic E-state index is 9.08. The molecule has 36 heavy (non-hydrogen) atoms. The van der Waals surface area contributed by atoms with Crippen LogP contribution in [0, 0.1) is 11.3 Å². The monoisotopic (exact) mass is 483 g/mol. The Kier molecular flexibility index (Phi) is 5.61. The van der Waals surface area contributed by atoms with Crippen molar-refractivity contribution in [1.82, 2.24) is 19.7 Å². The van der Waals surface area contributed by atoms with Crippen molar-refractivity contribution in [3.8, 4) is 16.6 Å². The number of fused-ring (bicyclic) bond motifs is 1. The van der Waals surface area contributed by atoms with Gasteiger partial charge in [-0.05, 0) is 22.8 Å². The first-order chi connectivity index (χ1) is 17.8. The van der Waals surface area contributed by atoms with Gasteiger partial charge in [0.05, 0.1) is 24.4 Å². The van der Waals surface area contributed by atoms with E-state index < -0.39 is 5.54 Å². The lowest BCUT2D eigenvalue weighted by atomic mass is 9.77. The van der Waals surface area contributed by atoms with Gasteiger partial charge in [-0.1, -0.05) is 91.0 Å². The molecule has 172 valence electrons. The lowest BCUT2D eigenvalue weighted by Gasteiger charge is -2.36. The molecule has 0 atom stereocenters. The summed E-state index contributed by atoms with van der Waals surface area (Å²) in [6.07, 6.45) is 3.99. The Morgan fingerprint density at radius 1 is 0.806 bits per heavy atom. The number of nitrogens with zero attached hydrogens (tertiary/aromatic N) is 5. The highest BCUT2D eigenvalue weighted by Crippen LogP contribution is 2.42. The van der Waals surface area contributed by atoms with Crippen LogP contribution in [0.3, 0.4) is 0 Å². The normalized spacial score (nSPS) is 11.4. The van der Waals surface area contributed by atoms with Gasteiger partial charge in [-0.15, -0.1) is 11.3 Å². The number of nitriles is 1. The number of hydrogen-bond acceptors (Lipinski definition) is 5. The van der Waals surface area contributed by atoms with Gasteiger partial charge in [-0.25, -0.2) is 14.6 Å². The molecule has 0 saturated carbocycles. The van der Waals surface area contributed by atoms with Gasteiger partial charge in [0.15, 0.2) is 5.65 Å². The standard InChI is InChI=1S/C30H21N5S/c31-18-16-25-21-36-29(34-25)26-17-19-32-28-27(26)20-33-35(28)30(22-10-4-1-5-11-22,23-12-6-2-7-13-23)24-14-8-3-9-15-24/h1-15,17,19-21H,16H2. The largest absolute Gasteiger partial charge is 0.240 e. The second-order valence-corrected chi connectivity index (χ2v) is 9.30. The maximum Gasteiger partial charge on any atom is 0.160 e. The van der Waals surface area contributed by atoms with Crippen LogP contribution in [-0.4, -0.2) is 19.7 Å². The summed E-state index contributed by atoms with van der Waals surface area (Å²) in [5, 5.41) is 17.8. The zero-order chi connectivity index (χ0) is 24.4. The first-order valence-electron chi connectivity index (χ1n) is 11.6. The number of pyridine rings is 1. The molecule has 0 aliphatic heterocycles. The molecule has 0 bridgehead atoms. The quantitative estimate of drug-likeness (QED) is 0.255. The Morgan fingerprint density at radius 2 is 1.39 bits per heavy atom. The van der Waals surface area contributed by atoms with E-state index >= 15 is 0 Å². The second kappa shape index (κ2) is 9.21. The predicted molar refractivity (Wildman–Crippen MR) is 143 cm³/mol. The van der Waals surface area contributed by atoms with Gasteiger partial charge in [0.25, 0.3) is 0 Å². The van der Waals surface area contributed by atoms with Crippen molar-refractivity contribution in [2.45, 2.75) is 12.0 Å². The highest BCUT2D eigenvalue weighted by Gasteiger charge is 2.40. The topological polar surface area (TPSA) is 67.4 Å². The van der Waals surface area contributed by atoms with E-state index in [9.17, 15) is 0 Å². The molecule has 0 fully saturated rings. The maximum atomic E-state index is 9.08. The number of benzene rings is 3. The van der Waals surface area contributed by atoms with Crippen LogP contribution in [0.1, 0.15) is 22.4 Å². The second-order valence-electron chi connectivity index (χ2n) is 8.44. The number of rotatable bonds is 6. The van der Waals surface area contributed by atoms with E-state index in [1.54, 1.807) is 0 Å². The highest BCUT2D eigenvalue weighted by molar-refractivity contribution is 7.13. The molecule has 0 amide bonds. The van der Waals surface area contributed by atoms with Gasteiger partial charge in [0, 0.05) is 22.5 Å². The Hall–Kier alpha value is -4.60. The summed E-state index contributed by atoms with van der Waals surface area (Å²) in [6, 6.07) is 35.5. The summed E-state index contributed by atoms with van der Waals surface area (Å²) in [5.74, 6) is 0. The van der Waals surface area contributed by atoms with Crippen LogP contribution in [0.15, 0.2) is 115 Å². The van der Waals surface area contributed by atoms with Gasteiger partial charge in [-0.3, -0.25) is 0 Å². The van der Waals surface area contributed by atoms with Gasteiger partial charge in [-0.2, -0.15) is 10.4 Å². The Labute approximate surface area is 213 Å². The fourth-order valence-corrected chi connectivity index (χ4v) is 5.72. The molecule has 6 heteroatoms. The smallest absolute Gasteiger partial charge is 0.160 e. The SMILES string of the molecule is N#CCc1csc(-c2ccnc3c2cnn3C(c2ccccc2)(c2ccccc2)c2ccccc2)n1. The summed E-state index contributed by atoms with van der Waals surface area (Å²) in [4.78, 5) is 9.54.